The van der Waals surface area contributed by atoms with Gasteiger partial charge in [-0.15, -0.1) is 0 Å². The van der Waals surface area contributed by atoms with Crippen LogP contribution in [0, 0.1) is 28.9 Å². The lowest BCUT2D eigenvalue weighted by Gasteiger charge is -2.16. The van der Waals surface area contributed by atoms with E-state index in [0.29, 0.717) is 29.4 Å². The van der Waals surface area contributed by atoms with Gasteiger partial charge in [-0.2, -0.15) is 5.26 Å². The van der Waals surface area contributed by atoms with Gasteiger partial charge in [0, 0.05) is 12.0 Å². The van der Waals surface area contributed by atoms with E-state index in [9.17, 15) is 14.0 Å². The molecule has 0 bridgehead atoms. The summed E-state index contributed by atoms with van der Waals surface area (Å²) >= 11 is 12.0. The Labute approximate surface area is 177 Å². The number of nitriles is 1. The van der Waals surface area contributed by atoms with E-state index in [1.165, 1.54) is 24.3 Å². The summed E-state index contributed by atoms with van der Waals surface area (Å²) in [6.45, 7) is 0. The van der Waals surface area contributed by atoms with E-state index in [-0.39, 0.29) is 21.4 Å². The second kappa shape index (κ2) is 8.14. The molecule has 3 nitrogen and oxygen atoms in total. The zero-order valence-electron chi connectivity index (χ0n) is 15.4. The third-order valence-electron chi connectivity index (χ3n) is 5.36. The predicted molar refractivity (Wildman–Crippen MR) is 109 cm³/mol. The summed E-state index contributed by atoms with van der Waals surface area (Å²) in [4.78, 5) is 4.52. The highest BCUT2D eigenvalue weighted by Gasteiger charge is 2.26. The van der Waals surface area contributed by atoms with Crippen molar-refractivity contribution in [1.82, 2.24) is 9.55 Å². The molecule has 7 heteroatoms. The van der Waals surface area contributed by atoms with Gasteiger partial charge in [0.1, 0.15) is 17.7 Å². The molecule has 1 aliphatic carbocycles. The Hall–Kier alpha value is -2.42. The number of hydrogen-bond acceptors (Lipinski definition) is 2. The van der Waals surface area contributed by atoms with E-state index in [1.807, 2.05) is 0 Å². The van der Waals surface area contributed by atoms with Gasteiger partial charge in [-0.25, -0.2) is 13.8 Å². The van der Waals surface area contributed by atoms with Crippen molar-refractivity contribution in [3.8, 4) is 23.0 Å². The molecule has 0 amide bonds. The van der Waals surface area contributed by atoms with Crippen LogP contribution >= 0.6 is 23.2 Å². The lowest BCUT2D eigenvalue weighted by molar-refractivity contribution is 0.524. The molecule has 0 radical (unpaired) electrons. The van der Waals surface area contributed by atoms with Gasteiger partial charge in [-0.3, -0.25) is 4.57 Å². The quantitative estimate of drug-likeness (QED) is 0.459. The van der Waals surface area contributed by atoms with Gasteiger partial charge in [0.2, 0.25) is 0 Å². The van der Waals surface area contributed by atoms with Gasteiger partial charge in [0.05, 0.1) is 21.4 Å². The van der Waals surface area contributed by atoms with Crippen LogP contribution < -0.4 is 0 Å². The molecule has 0 aliphatic heterocycles. The molecule has 29 heavy (non-hydrogen) atoms. The predicted octanol–water partition coefficient (Wildman–Crippen LogP) is 6.73. The first-order valence-corrected chi connectivity index (χ1v) is 10.2. The fourth-order valence-electron chi connectivity index (χ4n) is 3.99. The van der Waals surface area contributed by atoms with Gasteiger partial charge in [0.25, 0.3) is 0 Å². The minimum absolute atomic E-state index is 0.0235. The van der Waals surface area contributed by atoms with E-state index in [2.05, 4.69) is 11.1 Å². The number of rotatable bonds is 4. The standard InChI is InChI=1S/C22H17Cl2F2N3/c23-15-6-3-7-19(21(15)26)29-20(10-13-4-1-2-5-13)28-18(12-27)22(29)14-8-9-17(25)16(24)11-14/h3,6-9,11,13H,1-2,4-5,10H2. The fraction of sp³-hybridized carbons (Fsp3) is 0.273. The molecule has 1 aliphatic rings. The van der Waals surface area contributed by atoms with Gasteiger partial charge in [0.15, 0.2) is 11.5 Å². The first kappa shape index (κ1) is 19.9. The van der Waals surface area contributed by atoms with Crippen molar-refractivity contribution in [1.29, 1.82) is 5.26 Å². The maximum Gasteiger partial charge on any atom is 0.167 e. The summed E-state index contributed by atoms with van der Waals surface area (Å²) in [7, 11) is 0. The van der Waals surface area contributed by atoms with E-state index >= 15 is 0 Å². The number of benzene rings is 2. The van der Waals surface area contributed by atoms with E-state index < -0.39 is 11.6 Å². The van der Waals surface area contributed by atoms with E-state index in [4.69, 9.17) is 23.2 Å². The summed E-state index contributed by atoms with van der Waals surface area (Å²) < 4.78 is 30.3. The van der Waals surface area contributed by atoms with Crippen LogP contribution in [0.15, 0.2) is 36.4 Å². The van der Waals surface area contributed by atoms with E-state index in [1.54, 1.807) is 16.7 Å². The number of aromatic nitrogens is 2. The zero-order chi connectivity index (χ0) is 20.5. The van der Waals surface area contributed by atoms with Gasteiger partial charge in [-0.1, -0.05) is 55.0 Å². The lowest BCUT2D eigenvalue weighted by atomic mass is 10.0. The third kappa shape index (κ3) is 3.75. The molecule has 148 valence electrons. The second-order valence-electron chi connectivity index (χ2n) is 7.23. The molecule has 0 N–H and O–H groups in total. The van der Waals surface area contributed by atoms with Crippen molar-refractivity contribution < 1.29 is 8.78 Å². The molecule has 4 rings (SSSR count). The molecule has 1 aromatic heterocycles. The lowest BCUT2D eigenvalue weighted by Crippen LogP contribution is -2.09. The number of halogens is 4. The van der Waals surface area contributed by atoms with Gasteiger partial charge in [-0.05, 0) is 36.2 Å². The Morgan fingerprint density at radius 3 is 2.55 bits per heavy atom. The van der Waals surface area contributed by atoms with E-state index in [0.717, 1.165) is 25.7 Å². The van der Waals surface area contributed by atoms with Crippen LogP contribution in [0.4, 0.5) is 8.78 Å². The largest absolute Gasteiger partial charge is 0.292 e. The van der Waals surface area contributed by atoms with Crippen LogP contribution in [0.5, 0.6) is 0 Å². The molecular formula is C22H17Cl2F2N3. The average molecular weight is 432 g/mol. The Bertz CT molecular complexity index is 1110. The zero-order valence-corrected chi connectivity index (χ0v) is 16.9. The van der Waals surface area contributed by atoms with Crippen molar-refractivity contribution in [3.63, 3.8) is 0 Å². The smallest absolute Gasteiger partial charge is 0.167 e. The topological polar surface area (TPSA) is 41.6 Å². The van der Waals surface area contributed by atoms with Gasteiger partial charge >= 0.3 is 0 Å². The van der Waals surface area contributed by atoms with Crippen LogP contribution in [-0.4, -0.2) is 9.55 Å². The molecular weight excluding hydrogens is 415 g/mol. The third-order valence-corrected chi connectivity index (χ3v) is 5.95. The van der Waals surface area contributed by atoms with Crippen LogP contribution in [0.25, 0.3) is 16.9 Å². The normalized spacial score (nSPS) is 14.3. The molecule has 1 fully saturated rings. The summed E-state index contributed by atoms with van der Waals surface area (Å²) in [6, 6.07) is 11.0. The molecule has 0 spiro atoms. The number of imidazole rings is 1. The second-order valence-corrected chi connectivity index (χ2v) is 8.04. The van der Waals surface area contributed by atoms with Crippen molar-refractivity contribution in [2.75, 3.05) is 0 Å². The Morgan fingerprint density at radius 2 is 1.86 bits per heavy atom. The fourth-order valence-corrected chi connectivity index (χ4v) is 4.34. The molecule has 3 aromatic rings. The maximum absolute atomic E-state index is 15.0. The van der Waals surface area contributed by atoms with Crippen molar-refractivity contribution in [2.24, 2.45) is 5.92 Å². The minimum atomic E-state index is -0.599. The number of hydrogen-bond donors (Lipinski definition) is 0. The highest BCUT2D eigenvalue weighted by Crippen LogP contribution is 2.36. The summed E-state index contributed by atoms with van der Waals surface area (Å²) in [6.07, 6.45) is 5.08. The Morgan fingerprint density at radius 1 is 1.10 bits per heavy atom. The Kier molecular flexibility index (Phi) is 5.58. The average Bonchev–Trinajstić information content (AvgIpc) is 3.34. The monoisotopic (exact) mass is 431 g/mol. The first-order valence-electron chi connectivity index (χ1n) is 9.41. The molecule has 2 aromatic carbocycles. The molecule has 1 heterocycles. The van der Waals surface area contributed by atoms with Gasteiger partial charge < -0.3 is 0 Å². The highest BCUT2D eigenvalue weighted by molar-refractivity contribution is 6.31. The summed E-state index contributed by atoms with van der Waals surface area (Å²) in [5, 5.41) is 9.62. The van der Waals surface area contributed by atoms with Crippen LogP contribution in [0.2, 0.25) is 10.0 Å². The maximum atomic E-state index is 15.0. The summed E-state index contributed by atoms with van der Waals surface area (Å²) in [5.74, 6) is -0.155. The van der Waals surface area contributed by atoms with Crippen molar-refractivity contribution in [3.05, 3.63) is 69.6 Å². The highest BCUT2D eigenvalue weighted by atomic mass is 35.5. The molecule has 0 saturated heterocycles. The van der Waals surface area contributed by atoms with Crippen LogP contribution in [0.1, 0.15) is 37.2 Å². The first-order chi connectivity index (χ1) is 14.0. The van der Waals surface area contributed by atoms with Crippen LogP contribution in [-0.2, 0) is 6.42 Å². The molecule has 1 saturated carbocycles. The van der Waals surface area contributed by atoms with Crippen molar-refractivity contribution >= 4 is 23.2 Å². The van der Waals surface area contributed by atoms with Crippen molar-refractivity contribution in [2.45, 2.75) is 32.1 Å². The molecule has 0 unspecified atom stereocenters. The number of nitrogens with zero attached hydrogens (tertiary/aromatic N) is 3. The minimum Gasteiger partial charge on any atom is -0.292 e. The molecule has 0 atom stereocenters. The SMILES string of the molecule is N#Cc1nc(CC2CCCC2)n(-c2cccc(Cl)c2F)c1-c1ccc(F)c(Cl)c1. The van der Waals surface area contributed by atoms with Crippen LogP contribution in [0.3, 0.4) is 0 Å². The summed E-state index contributed by atoms with van der Waals surface area (Å²) in [5.41, 5.74) is 1.20. The Balaban J connectivity index is 1.97.